The van der Waals surface area contributed by atoms with Gasteiger partial charge in [0.25, 0.3) is 0 Å². The highest BCUT2D eigenvalue weighted by Gasteiger charge is 2.18. The highest BCUT2D eigenvalue weighted by atomic mass is 16.5. The molecule has 5 heteroatoms. The number of para-hydroxylation sites is 1. The third kappa shape index (κ3) is 4.08. The lowest BCUT2D eigenvalue weighted by molar-refractivity contribution is -0.141. The Balaban J connectivity index is 2.66. The highest BCUT2D eigenvalue weighted by Crippen LogP contribution is 2.19. The summed E-state index contributed by atoms with van der Waals surface area (Å²) in [6, 6.07) is 6.55. The van der Waals surface area contributed by atoms with Gasteiger partial charge in [-0.1, -0.05) is 18.2 Å². The highest BCUT2D eigenvalue weighted by molar-refractivity contribution is 5.82. The summed E-state index contributed by atoms with van der Waals surface area (Å²) in [6.07, 6.45) is 0.858. The molecule has 1 aromatic rings. The van der Waals surface area contributed by atoms with Crippen LogP contribution >= 0.6 is 0 Å². The zero-order valence-electron chi connectivity index (χ0n) is 10.5. The van der Waals surface area contributed by atoms with Crippen molar-refractivity contribution in [2.24, 2.45) is 0 Å². The summed E-state index contributed by atoms with van der Waals surface area (Å²) in [5.74, 6) is -0.646. The number of amides is 1. The fourth-order valence-corrected chi connectivity index (χ4v) is 1.71. The van der Waals surface area contributed by atoms with Gasteiger partial charge in [0, 0.05) is 6.92 Å². The molecule has 2 N–H and O–H groups in total. The monoisotopic (exact) mass is 251 g/mol. The Hall–Kier alpha value is -2.04. The number of aryl methyl sites for hydroxylation is 1. The van der Waals surface area contributed by atoms with Crippen molar-refractivity contribution < 1.29 is 19.4 Å². The van der Waals surface area contributed by atoms with Gasteiger partial charge in [0.15, 0.2) is 0 Å². The van der Waals surface area contributed by atoms with Crippen LogP contribution in [0.4, 0.5) is 0 Å². The van der Waals surface area contributed by atoms with Crippen LogP contribution in [0.15, 0.2) is 24.3 Å². The molecule has 0 spiro atoms. The number of ether oxygens (including phenoxy) is 1. The van der Waals surface area contributed by atoms with Crippen LogP contribution in [0.2, 0.25) is 0 Å². The van der Waals surface area contributed by atoms with Crippen molar-refractivity contribution in [3.63, 3.8) is 0 Å². The Kier molecular flexibility index (Phi) is 5.17. The van der Waals surface area contributed by atoms with E-state index in [1.165, 1.54) is 6.92 Å². The molecule has 1 amide bonds. The maximum absolute atomic E-state index is 11.0. The summed E-state index contributed by atoms with van der Waals surface area (Å²) >= 11 is 0. The maximum atomic E-state index is 11.0. The van der Waals surface area contributed by atoms with Crippen molar-refractivity contribution in [1.82, 2.24) is 5.32 Å². The van der Waals surface area contributed by atoms with Gasteiger partial charge >= 0.3 is 5.97 Å². The molecule has 0 aliphatic rings. The number of rotatable bonds is 6. The van der Waals surface area contributed by atoms with Gasteiger partial charge in [-0.05, 0) is 24.5 Å². The molecule has 98 valence electrons. The Morgan fingerprint density at radius 2 is 2.06 bits per heavy atom. The molecule has 0 saturated carbocycles. The van der Waals surface area contributed by atoms with Crippen LogP contribution in [0.25, 0.3) is 0 Å². The minimum atomic E-state index is -1.03. The lowest BCUT2D eigenvalue weighted by Gasteiger charge is -2.14. The average Bonchev–Trinajstić information content (AvgIpc) is 2.34. The van der Waals surface area contributed by atoms with Crippen LogP contribution in [0.3, 0.4) is 0 Å². The summed E-state index contributed by atoms with van der Waals surface area (Å²) in [7, 11) is 1.57. The topological polar surface area (TPSA) is 75.6 Å². The first kappa shape index (κ1) is 14.0. The molecule has 0 aliphatic carbocycles. The van der Waals surface area contributed by atoms with Crippen molar-refractivity contribution >= 4 is 11.9 Å². The number of carboxylic acids is 1. The number of carbonyl (C=O) groups is 2. The first-order chi connectivity index (χ1) is 8.54. The molecule has 0 heterocycles. The SMILES string of the molecule is COc1ccccc1CCC(NC(C)=O)C(=O)O. The van der Waals surface area contributed by atoms with Crippen LogP contribution in [0, 0.1) is 0 Å². The number of methoxy groups -OCH3 is 1. The number of hydrogen-bond donors (Lipinski definition) is 2. The summed E-state index contributed by atoms with van der Waals surface area (Å²) in [5, 5.41) is 11.4. The normalized spacial score (nSPS) is 11.7. The van der Waals surface area contributed by atoms with E-state index in [4.69, 9.17) is 9.84 Å². The Bertz CT molecular complexity index is 431. The third-order valence-corrected chi connectivity index (χ3v) is 2.57. The second-order valence-electron chi connectivity index (χ2n) is 3.94. The van der Waals surface area contributed by atoms with Gasteiger partial charge in [0.05, 0.1) is 7.11 Å². The largest absolute Gasteiger partial charge is 0.496 e. The lowest BCUT2D eigenvalue weighted by atomic mass is 10.0. The predicted molar refractivity (Wildman–Crippen MR) is 66.6 cm³/mol. The van der Waals surface area contributed by atoms with Gasteiger partial charge in [-0.25, -0.2) is 4.79 Å². The van der Waals surface area contributed by atoms with E-state index in [1.54, 1.807) is 7.11 Å². The number of nitrogens with one attached hydrogen (secondary N) is 1. The van der Waals surface area contributed by atoms with Crippen LogP contribution in [0.5, 0.6) is 5.75 Å². The van der Waals surface area contributed by atoms with E-state index >= 15 is 0 Å². The zero-order chi connectivity index (χ0) is 13.5. The van der Waals surface area contributed by atoms with E-state index in [1.807, 2.05) is 24.3 Å². The van der Waals surface area contributed by atoms with E-state index in [0.29, 0.717) is 12.8 Å². The lowest BCUT2D eigenvalue weighted by Crippen LogP contribution is -2.39. The minimum Gasteiger partial charge on any atom is -0.496 e. The van der Waals surface area contributed by atoms with Gasteiger partial charge in [-0.3, -0.25) is 4.79 Å². The number of aliphatic carboxylic acids is 1. The molecule has 5 nitrogen and oxygen atoms in total. The molecule has 0 saturated heterocycles. The Morgan fingerprint density at radius 1 is 1.39 bits per heavy atom. The predicted octanol–water partition coefficient (Wildman–Crippen LogP) is 1.22. The van der Waals surface area contributed by atoms with E-state index in [-0.39, 0.29) is 5.91 Å². The number of benzene rings is 1. The third-order valence-electron chi connectivity index (χ3n) is 2.57. The standard InChI is InChI=1S/C13H17NO4/c1-9(15)14-11(13(16)17)8-7-10-5-3-4-6-12(10)18-2/h3-6,11H,7-8H2,1-2H3,(H,14,15)(H,16,17). The van der Waals surface area contributed by atoms with E-state index in [2.05, 4.69) is 5.32 Å². The second kappa shape index (κ2) is 6.64. The van der Waals surface area contributed by atoms with Crippen LogP contribution in [0.1, 0.15) is 18.9 Å². The first-order valence-electron chi connectivity index (χ1n) is 5.66. The van der Waals surface area contributed by atoms with Crippen LogP contribution in [-0.4, -0.2) is 30.1 Å². The molecule has 1 unspecified atom stereocenters. The van der Waals surface area contributed by atoms with Crippen molar-refractivity contribution in [2.75, 3.05) is 7.11 Å². The summed E-state index contributed by atoms with van der Waals surface area (Å²) < 4.78 is 5.18. The number of hydrogen-bond acceptors (Lipinski definition) is 3. The molecular formula is C13H17NO4. The molecule has 0 aromatic heterocycles. The van der Waals surface area contributed by atoms with E-state index in [0.717, 1.165) is 11.3 Å². The van der Waals surface area contributed by atoms with Crippen molar-refractivity contribution in [2.45, 2.75) is 25.8 Å². The fraction of sp³-hybridized carbons (Fsp3) is 0.385. The zero-order valence-corrected chi connectivity index (χ0v) is 10.5. The Morgan fingerprint density at radius 3 is 2.61 bits per heavy atom. The Labute approximate surface area is 106 Å². The molecular weight excluding hydrogens is 234 g/mol. The molecule has 0 bridgehead atoms. The van der Waals surface area contributed by atoms with Crippen molar-refractivity contribution in [1.29, 1.82) is 0 Å². The van der Waals surface area contributed by atoms with Crippen LogP contribution < -0.4 is 10.1 Å². The van der Waals surface area contributed by atoms with Gasteiger partial charge in [0.2, 0.25) is 5.91 Å². The summed E-state index contributed by atoms with van der Waals surface area (Å²) in [5.41, 5.74) is 0.927. The van der Waals surface area contributed by atoms with Crippen molar-refractivity contribution in [3.8, 4) is 5.75 Å². The van der Waals surface area contributed by atoms with Gasteiger partial charge in [-0.15, -0.1) is 0 Å². The molecule has 1 aromatic carbocycles. The maximum Gasteiger partial charge on any atom is 0.326 e. The van der Waals surface area contributed by atoms with Crippen molar-refractivity contribution in [3.05, 3.63) is 29.8 Å². The van der Waals surface area contributed by atoms with Crippen LogP contribution in [-0.2, 0) is 16.0 Å². The van der Waals surface area contributed by atoms with E-state index in [9.17, 15) is 9.59 Å². The van der Waals surface area contributed by atoms with Gasteiger partial charge in [0.1, 0.15) is 11.8 Å². The molecule has 0 fully saturated rings. The van der Waals surface area contributed by atoms with Gasteiger partial charge < -0.3 is 15.2 Å². The molecule has 0 radical (unpaired) electrons. The summed E-state index contributed by atoms with van der Waals surface area (Å²) in [6.45, 7) is 1.30. The summed E-state index contributed by atoms with van der Waals surface area (Å²) in [4.78, 5) is 21.9. The molecule has 1 rings (SSSR count). The minimum absolute atomic E-state index is 0.329. The first-order valence-corrected chi connectivity index (χ1v) is 5.66. The quantitative estimate of drug-likeness (QED) is 0.797. The number of carbonyl (C=O) groups excluding carboxylic acids is 1. The molecule has 18 heavy (non-hydrogen) atoms. The number of carboxylic acid groups (broad SMARTS) is 1. The second-order valence-corrected chi connectivity index (χ2v) is 3.94. The fourth-order valence-electron chi connectivity index (χ4n) is 1.71. The molecule has 0 aliphatic heterocycles. The smallest absolute Gasteiger partial charge is 0.326 e. The van der Waals surface area contributed by atoms with E-state index < -0.39 is 12.0 Å². The van der Waals surface area contributed by atoms with Gasteiger partial charge in [-0.2, -0.15) is 0 Å². The molecule has 1 atom stereocenters. The average molecular weight is 251 g/mol.